The molecule has 6 heteroatoms. The fraction of sp³-hybridized carbons (Fsp3) is 0.786. The molecular formula is C14H21NO5. The summed E-state index contributed by atoms with van der Waals surface area (Å²) in [5.74, 6) is -0.833. The molecule has 112 valence electrons. The highest BCUT2D eigenvalue weighted by Gasteiger charge is 2.63. The highest BCUT2D eigenvalue weighted by molar-refractivity contribution is 6.03. The van der Waals surface area contributed by atoms with E-state index in [-0.39, 0.29) is 12.5 Å². The molecule has 0 aromatic rings. The van der Waals surface area contributed by atoms with E-state index in [1.165, 1.54) is 0 Å². The number of rotatable bonds is 2. The van der Waals surface area contributed by atoms with Crippen molar-refractivity contribution in [3.8, 4) is 0 Å². The molecule has 0 aromatic heterocycles. The predicted molar refractivity (Wildman–Crippen MR) is 69.8 cm³/mol. The van der Waals surface area contributed by atoms with Crippen molar-refractivity contribution < 1.29 is 23.9 Å². The van der Waals surface area contributed by atoms with Gasteiger partial charge in [-0.15, -0.1) is 0 Å². The first-order valence-corrected chi connectivity index (χ1v) is 6.93. The molecule has 6 nitrogen and oxygen atoms in total. The van der Waals surface area contributed by atoms with Crippen LogP contribution in [-0.4, -0.2) is 41.1 Å². The lowest BCUT2D eigenvalue weighted by molar-refractivity contribution is -0.151. The standard InChI is InChI=1S/C14H21NO5/c1-5-19-10(16)9-8-14(6-7-14)11(17)15(9)12(18)20-13(2,3)4/h9H,5-8H2,1-4H3. The summed E-state index contributed by atoms with van der Waals surface area (Å²) in [6.45, 7) is 7.07. The second-order valence-electron chi connectivity index (χ2n) is 6.41. The number of hydrogen-bond acceptors (Lipinski definition) is 5. The van der Waals surface area contributed by atoms with E-state index < -0.39 is 29.1 Å². The number of ether oxygens (including phenoxy) is 2. The molecule has 0 N–H and O–H groups in total. The summed E-state index contributed by atoms with van der Waals surface area (Å²) < 4.78 is 10.2. The summed E-state index contributed by atoms with van der Waals surface area (Å²) in [5.41, 5.74) is -1.25. The van der Waals surface area contributed by atoms with Gasteiger partial charge in [0.05, 0.1) is 12.0 Å². The van der Waals surface area contributed by atoms with Crippen LogP contribution in [0.5, 0.6) is 0 Å². The second kappa shape index (κ2) is 4.75. The van der Waals surface area contributed by atoms with Crippen molar-refractivity contribution in [1.29, 1.82) is 0 Å². The Labute approximate surface area is 118 Å². The summed E-state index contributed by atoms with van der Waals surface area (Å²) in [4.78, 5) is 37.5. The Bertz CT molecular complexity index is 447. The smallest absolute Gasteiger partial charge is 0.417 e. The molecule has 1 saturated carbocycles. The fourth-order valence-electron chi connectivity index (χ4n) is 2.46. The van der Waals surface area contributed by atoms with Crippen molar-refractivity contribution >= 4 is 18.0 Å². The second-order valence-corrected chi connectivity index (χ2v) is 6.41. The quantitative estimate of drug-likeness (QED) is 0.723. The Hall–Kier alpha value is -1.59. The number of carbonyl (C=O) groups excluding carboxylic acids is 3. The van der Waals surface area contributed by atoms with E-state index in [2.05, 4.69) is 0 Å². The first-order chi connectivity index (χ1) is 9.20. The first-order valence-electron chi connectivity index (χ1n) is 6.93. The molecule has 20 heavy (non-hydrogen) atoms. The molecule has 1 spiro atoms. The lowest BCUT2D eigenvalue weighted by Crippen LogP contribution is -2.46. The average Bonchev–Trinajstić information content (AvgIpc) is 3.00. The SMILES string of the molecule is CCOC(=O)C1CC2(CC2)C(=O)N1C(=O)OC(C)(C)C. The van der Waals surface area contributed by atoms with Gasteiger partial charge in [-0.25, -0.2) is 14.5 Å². The van der Waals surface area contributed by atoms with Crippen LogP contribution >= 0.6 is 0 Å². The molecule has 1 aliphatic heterocycles. The summed E-state index contributed by atoms with van der Waals surface area (Å²) in [6, 6.07) is -0.847. The van der Waals surface area contributed by atoms with Crippen LogP contribution in [0.2, 0.25) is 0 Å². The molecule has 0 radical (unpaired) electrons. The van der Waals surface area contributed by atoms with Crippen LogP contribution in [-0.2, 0) is 19.1 Å². The first kappa shape index (κ1) is 14.8. The Morgan fingerprint density at radius 2 is 1.95 bits per heavy atom. The molecule has 2 amide bonds. The zero-order valence-electron chi connectivity index (χ0n) is 12.4. The number of likely N-dealkylation sites (tertiary alicyclic amines) is 1. The van der Waals surface area contributed by atoms with Gasteiger partial charge >= 0.3 is 12.1 Å². The van der Waals surface area contributed by atoms with Crippen molar-refractivity contribution in [3.63, 3.8) is 0 Å². The predicted octanol–water partition coefficient (Wildman–Crippen LogP) is 1.87. The van der Waals surface area contributed by atoms with Crippen LogP contribution < -0.4 is 0 Å². The molecule has 1 saturated heterocycles. The molecule has 2 fully saturated rings. The van der Waals surface area contributed by atoms with Crippen molar-refractivity contribution in [1.82, 2.24) is 4.90 Å². The molecule has 0 bridgehead atoms. The van der Waals surface area contributed by atoms with Gasteiger partial charge in [-0.05, 0) is 47.0 Å². The maximum Gasteiger partial charge on any atom is 0.417 e. The molecule has 1 atom stereocenters. The monoisotopic (exact) mass is 283 g/mol. The highest BCUT2D eigenvalue weighted by Crippen LogP contribution is 2.56. The third-order valence-electron chi connectivity index (χ3n) is 3.57. The zero-order chi connectivity index (χ0) is 15.1. The number of imide groups is 1. The van der Waals surface area contributed by atoms with Gasteiger partial charge in [0.25, 0.3) is 0 Å². The maximum atomic E-state index is 12.4. The Morgan fingerprint density at radius 3 is 2.40 bits per heavy atom. The zero-order valence-corrected chi connectivity index (χ0v) is 12.4. The van der Waals surface area contributed by atoms with Crippen LogP contribution in [0, 0.1) is 5.41 Å². The van der Waals surface area contributed by atoms with Gasteiger partial charge in [0, 0.05) is 0 Å². The van der Waals surface area contributed by atoms with Crippen molar-refractivity contribution in [3.05, 3.63) is 0 Å². The van der Waals surface area contributed by atoms with Gasteiger partial charge in [-0.1, -0.05) is 0 Å². The van der Waals surface area contributed by atoms with Crippen molar-refractivity contribution in [2.75, 3.05) is 6.61 Å². The van der Waals surface area contributed by atoms with Crippen molar-refractivity contribution in [2.24, 2.45) is 5.41 Å². The van der Waals surface area contributed by atoms with Gasteiger partial charge in [0.2, 0.25) is 5.91 Å². The minimum absolute atomic E-state index is 0.221. The Balaban J connectivity index is 2.19. The number of nitrogens with zero attached hydrogens (tertiary/aromatic N) is 1. The third kappa shape index (κ3) is 2.64. The fourth-order valence-corrected chi connectivity index (χ4v) is 2.46. The van der Waals surface area contributed by atoms with E-state index in [1.54, 1.807) is 27.7 Å². The van der Waals surface area contributed by atoms with E-state index in [0.29, 0.717) is 6.42 Å². The molecular weight excluding hydrogens is 262 g/mol. The maximum absolute atomic E-state index is 12.4. The molecule has 2 rings (SSSR count). The minimum atomic E-state index is -0.847. The van der Waals surface area contributed by atoms with E-state index >= 15 is 0 Å². The molecule has 1 aliphatic carbocycles. The van der Waals surface area contributed by atoms with Crippen LogP contribution in [0.4, 0.5) is 4.79 Å². The van der Waals surface area contributed by atoms with Gasteiger partial charge in [0.1, 0.15) is 11.6 Å². The van der Waals surface area contributed by atoms with E-state index in [1.807, 2.05) is 0 Å². The van der Waals surface area contributed by atoms with Gasteiger partial charge in [-0.3, -0.25) is 4.79 Å². The van der Waals surface area contributed by atoms with Crippen LogP contribution in [0.25, 0.3) is 0 Å². The van der Waals surface area contributed by atoms with E-state index in [4.69, 9.17) is 9.47 Å². The topological polar surface area (TPSA) is 72.9 Å². The number of amides is 2. The highest BCUT2D eigenvalue weighted by atomic mass is 16.6. The lowest BCUT2D eigenvalue weighted by atomic mass is 10.0. The third-order valence-corrected chi connectivity index (χ3v) is 3.57. The molecule has 1 heterocycles. The number of esters is 1. The summed E-state index contributed by atoms with van der Waals surface area (Å²) in [5, 5.41) is 0. The number of carbonyl (C=O) groups is 3. The molecule has 2 aliphatic rings. The van der Waals surface area contributed by atoms with Gasteiger partial charge in [0.15, 0.2) is 0 Å². The van der Waals surface area contributed by atoms with E-state index in [9.17, 15) is 14.4 Å². The Morgan fingerprint density at radius 1 is 1.35 bits per heavy atom. The van der Waals surface area contributed by atoms with Crippen LogP contribution in [0.15, 0.2) is 0 Å². The summed E-state index contributed by atoms with van der Waals surface area (Å²) in [7, 11) is 0. The normalized spacial score (nSPS) is 23.9. The van der Waals surface area contributed by atoms with Gasteiger partial charge in [-0.2, -0.15) is 0 Å². The van der Waals surface area contributed by atoms with Crippen molar-refractivity contribution in [2.45, 2.75) is 58.6 Å². The molecule has 0 aromatic carbocycles. The Kier molecular flexibility index (Phi) is 3.52. The van der Waals surface area contributed by atoms with E-state index in [0.717, 1.165) is 17.7 Å². The van der Waals surface area contributed by atoms with Gasteiger partial charge < -0.3 is 9.47 Å². The lowest BCUT2D eigenvalue weighted by Gasteiger charge is -2.26. The minimum Gasteiger partial charge on any atom is -0.464 e. The number of hydrogen-bond donors (Lipinski definition) is 0. The summed E-state index contributed by atoms with van der Waals surface area (Å²) >= 11 is 0. The largest absolute Gasteiger partial charge is 0.464 e. The average molecular weight is 283 g/mol. The summed E-state index contributed by atoms with van der Waals surface area (Å²) in [6.07, 6.45) is 1.04. The molecule has 1 unspecified atom stereocenters. The van der Waals surface area contributed by atoms with Crippen LogP contribution in [0.1, 0.15) is 47.0 Å². The van der Waals surface area contributed by atoms with Crippen LogP contribution in [0.3, 0.4) is 0 Å².